The summed E-state index contributed by atoms with van der Waals surface area (Å²) in [6, 6.07) is 14.0. The molecule has 2 atom stereocenters. The van der Waals surface area contributed by atoms with Crippen molar-refractivity contribution in [2.24, 2.45) is 5.92 Å². The number of anilines is 1. The topological polar surface area (TPSA) is 53.1 Å². The number of ether oxygens (including phenoxy) is 1. The summed E-state index contributed by atoms with van der Waals surface area (Å²) in [5.41, 5.74) is 0.632. The van der Waals surface area contributed by atoms with Crippen molar-refractivity contribution in [1.82, 2.24) is 9.80 Å². The number of amides is 3. The number of halogens is 1. The lowest BCUT2D eigenvalue weighted by Crippen LogP contribution is -2.59. The smallest absolute Gasteiger partial charge is 0.332 e. The minimum Gasteiger partial charge on any atom is -0.491 e. The van der Waals surface area contributed by atoms with Gasteiger partial charge in [0.2, 0.25) is 0 Å². The highest BCUT2D eigenvalue weighted by Gasteiger charge is 2.60. The van der Waals surface area contributed by atoms with Crippen LogP contribution in [0.1, 0.15) is 71.3 Å². The van der Waals surface area contributed by atoms with Crippen molar-refractivity contribution in [3.8, 4) is 5.75 Å². The number of benzene rings is 2. The molecule has 1 saturated carbocycles. The largest absolute Gasteiger partial charge is 0.491 e. The van der Waals surface area contributed by atoms with Gasteiger partial charge in [-0.3, -0.25) is 19.5 Å². The molecule has 5 rings (SSSR count). The van der Waals surface area contributed by atoms with E-state index in [0.717, 1.165) is 43.5 Å². The lowest BCUT2D eigenvalue weighted by Gasteiger charge is -2.45. The second-order valence-corrected chi connectivity index (χ2v) is 11.6. The van der Waals surface area contributed by atoms with Crippen LogP contribution < -0.4 is 9.64 Å². The number of hydrogen-bond acceptors (Lipinski definition) is 4. The fourth-order valence-corrected chi connectivity index (χ4v) is 6.62. The molecule has 2 aliphatic heterocycles. The number of carbonyl (C=O) groups excluding carboxylic acids is 2. The molecule has 38 heavy (non-hydrogen) atoms. The molecule has 0 aromatic heterocycles. The van der Waals surface area contributed by atoms with E-state index in [4.69, 9.17) is 4.74 Å². The molecular weight excluding hydrogens is 481 g/mol. The number of likely N-dealkylation sites (tertiary alicyclic amines) is 1. The SMILES string of the molecule is CC(C)Oc1cccc(CN2CCC3(C[C@@H]2C)C(=O)N(CC2CCCCC2)C(=O)N3c2cccc(F)c2)c1. The summed E-state index contributed by atoms with van der Waals surface area (Å²) in [4.78, 5) is 33.5. The first kappa shape index (κ1) is 26.7. The van der Waals surface area contributed by atoms with Crippen LogP contribution in [0.2, 0.25) is 0 Å². The highest BCUT2D eigenvalue weighted by Crippen LogP contribution is 2.43. The van der Waals surface area contributed by atoms with Crippen molar-refractivity contribution in [3.05, 3.63) is 59.9 Å². The van der Waals surface area contributed by atoms with E-state index in [0.29, 0.717) is 37.5 Å². The Morgan fingerprint density at radius 3 is 2.53 bits per heavy atom. The molecule has 1 spiro atoms. The van der Waals surface area contributed by atoms with E-state index in [1.807, 2.05) is 26.0 Å². The fourth-order valence-electron chi connectivity index (χ4n) is 6.62. The molecule has 0 radical (unpaired) electrons. The minimum atomic E-state index is -0.988. The van der Waals surface area contributed by atoms with E-state index in [2.05, 4.69) is 24.0 Å². The van der Waals surface area contributed by atoms with E-state index in [-0.39, 0.29) is 24.1 Å². The zero-order chi connectivity index (χ0) is 26.9. The Morgan fingerprint density at radius 2 is 1.82 bits per heavy atom. The summed E-state index contributed by atoms with van der Waals surface area (Å²) in [7, 11) is 0. The van der Waals surface area contributed by atoms with Crippen LogP contribution in [0.15, 0.2) is 48.5 Å². The quantitative estimate of drug-likeness (QED) is 0.397. The molecule has 2 aromatic rings. The number of imide groups is 1. The maximum absolute atomic E-state index is 14.3. The first-order valence-electron chi connectivity index (χ1n) is 14.2. The molecule has 3 amide bonds. The van der Waals surface area contributed by atoms with E-state index in [1.165, 1.54) is 23.5 Å². The molecule has 2 heterocycles. The third kappa shape index (κ3) is 5.31. The van der Waals surface area contributed by atoms with Gasteiger partial charge in [0.15, 0.2) is 0 Å². The van der Waals surface area contributed by atoms with Crippen LogP contribution >= 0.6 is 0 Å². The minimum absolute atomic E-state index is 0.0564. The molecule has 3 fully saturated rings. The average molecular weight is 522 g/mol. The van der Waals surface area contributed by atoms with Crippen molar-refractivity contribution in [2.45, 2.75) is 89.9 Å². The molecule has 0 bridgehead atoms. The van der Waals surface area contributed by atoms with Gasteiger partial charge < -0.3 is 4.74 Å². The Hall–Kier alpha value is -2.93. The van der Waals surface area contributed by atoms with Gasteiger partial charge in [-0.25, -0.2) is 9.18 Å². The molecule has 6 nitrogen and oxygen atoms in total. The van der Waals surface area contributed by atoms with Gasteiger partial charge in [0.25, 0.3) is 5.91 Å². The van der Waals surface area contributed by atoms with E-state index in [9.17, 15) is 14.0 Å². The Morgan fingerprint density at radius 1 is 1.05 bits per heavy atom. The Labute approximate surface area is 225 Å². The van der Waals surface area contributed by atoms with E-state index >= 15 is 0 Å². The molecule has 2 aromatic carbocycles. The summed E-state index contributed by atoms with van der Waals surface area (Å²) in [5.74, 6) is 0.679. The Bertz CT molecular complexity index is 1160. The van der Waals surface area contributed by atoms with Crippen LogP contribution in [-0.2, 0) is 11.3 Å². The molecule has 3 aliphatic rings. The van der Waals surface area contributed by atoms with E-state index in [1.54, 1.807) is 17.0 Å². The first-order valence-corrected chi connectivity index (χ1v) is 14.2. The van der Waals surface area contributed by atoms with E-state index < -0.39 is 11.4 Å². The molecule has 0 N–H and O–H groups in total. The van der Waals surface area contributed by atoms with Crippen molar-refractivity contribution in [1.29, 1.82) is 0 Å². The molecular formula is C31H40FN3O3. The van der Waals surface area contributed by atoms with Crippen LogP contribution in [0.5, 0.6) is 5.75 Å². The van der Waals surface area contributed by atoms with Gasteiger partial charge in [0, 0.05) is 31.4 Å². The molecule has 7 heteroatoms. The maximum atomic E-state index is 14.3. The second kappa shape index (κ2) is 11.0. The van der Waals surface area contributed by atoms with Gasteiger partial charge in [-0.1, -0.05) is 37.5 Å². The predicted octanol–water partition coefficient (Wildman–Crippen LogP) is 6.39. The predicted molar refractivity (Wildman–Crippen MR) is 147 cm³/mol. The maximum Gasteiger partial charge on any atom is 0.332 e. The van der Waals surface area contributed by atoms with Gasteiger partial charge in [0.1, 0.15) is 17.1 Å². The van der Waals surface area contributed by atoms with Crippen molar-refractivity contribution < 1.29 is 18.7 Å². The van der Waals surface area contributed by atoms with Crippen LogP contribution in [0, 0.1) is 11.7 Å². The molecule has 1 aliphatic carbocycles. The number of hydrogen-bond donors (Lipinski definition) is 0. The summed E-state index contributed by atoms with van der Waals surface area (Å²) < 4.78 is 20.2. The molecule has 2 saturated heterocycles. The lowest BCUT2D eigenvalue weighted by atomic mass is 9.81. The Balaban J connectivity index is 1.39. The van der Waals surface area contributed by atoms with Gasteiger partial charge in [-0.2, -0.15) is 0 Å². The summed E-state index contributed by atoms with van der Waals surface area (Å²) in [6.07, 6.45) is 6.75. The van der Waals surface area contributed by atoms with Crippen LogP contribution in [-0.4, -0.2) is 52.5 Å². The highest BCUT2D eigenvalue weighted by molar-refractivity contribution is 6.17. The average Bonchev–Trinajstić information content (AvgIpc) is 3.07. The number of piperidine rings is 1. The fraction of sp³-hybridized carbons (Fsp3) is 0.548. The summed E-state index contributed by atoms with van der Waals surface area (Å²) in [5, 5.41) is 0. The van der Waals surface area contributed by atoms with Gasteiger partial charge in [0.05, 0.1) is 6.10 Å². The van der Waals surface area contributed by atoms with Gasteiger partial charge in [-0.15, -0.1) is 0 Å². The number of rotatable bonds is 7. The number of carbonyl (C=O) groups is 2. The monoisotopic (exact) mass is 521 g/mol. The van der Waals surface area contributed by atoms with Crippen LogP contribution in [0.3, 0.4) is 0 Å². The summed E-state index contributed by atoms with van der Waals surface area (Å²) >= 11 is 0. The van der Waals surface area contributed by atoms with Crippen molar-refractivity contribution >= 4 is 17.6 Å². The van der Waals surface area contributed by atoms with Crippen molar-refractivity contribution in [3.63, 3.8) is 0 Å². The standard InChI is InChI=1S/C31H40FN3O3/c1-22(2)38-28-14-7-11-25(17-28)20-33-16-15-31(19-23(33)3)29(36)34(21-24-9-5-4-6-10-24)30(37)35(31)27-13-8-12-26(32)18-27/h7-8,11-14,17-18,22-24H,4-6,9-10,15-16,19-21H2,1-3H3/t23-,31?/m0/s1. The summed E-state index contributed by atoms with van der Waals surface area (Å²) in [6.45, 7) is 8.02. The second-order valence-electron chi connectivity index (χ2n) is 11.6. The third-order valence-electron chi connectivity index (χ3n) is 8.45. The number of urea groups is 1. The molecule has 204 valence electrons. The zero-order valence-electron chi connectivity index (χ0n) is 22.9. The third-order valence-corrected chi connectivity index (χ3v) is 8.45. The number of nitrogens with zero attached hydrogens (tertiary/aromatic N) is 3. The Kier molecular flexibility index (Phi) is 7.75. The normalized spacial score (nSPS) is 25.1. The zero-order valence-corrected chi connectivity index (χ0v) is 22.9. The van der Waals surface area contributed by atoms with Crippen LogP contribution in [0.4, 0.5) is 14.9 Å². The van der Waals surface area contributed by atoms with Gasteiger partial charge >= 0.3 is 6.03 Å². The highest BCUT2D eigenvalue weighted by atomic mass is 19.1. The molecule has 1 unspecified atom stereocenters. The first-order chi connectivity index (χ1) is 18.3. The van der Waals surface area contributed by atoms with Crippen LogP contribution in [0.25, 0.3) is 0 Å². The lowest BCUT2D eigenvalue weighted by molar-refractivity contribution is -0.133. The van der Waals surface area contributed by atoms with Crippen molar-refractivity contribution in [2.75, 3.05) is 18.0 Å². The van der Waals surface area contributed by atoms with Gasteiger partial charge in [-0.05, 0) is 88.3 Å².